The summed E-state index contributed by atoms with van der Waals surface area (Å²) in [5.74, 6) is 1.18. The lowest BCUT2D eigenvalue weighted by Gasteiger charge is -2.15. The van der Waals surface area contributed by atoms with Gasteiger partial charge < -0.3 is 9.72 Å². The smallest absolute Gasteiger partial charge is 0.133 e. The van der Waals surface area contributed by atoms with Crippen LogP contribution in [-0.2, 0) is 6.42 Å². The highest BCUT2D eigenvalue weighted by molar-refractivity contribution is 9.10. The van der Waals surface area contributed by atoms with Crippen LogP contribution < -0.4 is 4.74 Å². The van der Waals surface area contributed by atoms with Crippen LogP contribution in [0.2, 0.25) is 0 Å². The Bertz CT molecular complexity index is 822. The Morgan fingerprint density at radius 3 is 2.65 bits per heavy atom. The van der Waals surface area contributed by atoms with E-state index in [2.05, 4.69) is 71.2 Å². The maximum Gasteiger partial charge on any atom is 0.133 e. The Morgan fingerprint density at radius 2 is 1.96 bits per heavy atom. The molecule has 23 heavy (non-hydrogen) atoms. The number of nitrogens with one attached hydrogen (secondary N) is 1. The van der Waals surface area contributed by atoms with Crippen molar-refractivity contribution >= 4 is 26.8 Å². The average molecular weight is 372 g/mol. The molecule has 0 spiro atoms. The molecule has 0 fully saturated rings. The Kier molecular flexibility index (Phi) is 4.76. The van der Waals surface area contributed by atoms with Crippen LogP contribution in [0.1, 0.15) is 43.0 Å². The van der Waals surface area contributed by atoms with Gasteiger partial charge in [-0.15, -0.1) is 0 Å². The second-order valence-electron chi connectivity index (χ2n) is 5.93. The monoisotopic (exact) mass is 371 g/mol. The van der Waals surface area contributed by atoms with Crippen molar-refractivity contribution in [3.63, 3.8) is 0 Å². The quantitative estimate of drug-likeness (QED) is 0.580. The summed E-state index contributed by atoms with van der Waals surface area (Å²) in [6.07, 6.45) is 2.24. The SMILES string of the molecule is CCCc1c(C(C)c2ccc(OC)c(Br)c2)[nH]c2ccccc12. The molecule has 0 amide bonds. The first kappa shape index (κ1) is 16.1. The Balaban J connectivity index is 2.08. The number of fused-ring (bicyclic) bond motifs is 1. The van der Waals surface area contributed by atoms with E-state index < -0.39 is 0 Å². The van der Waals surface area contributed by atoms with Crippen LogP contribution in [0.5, 0.6) is 5.75 Å². The molecule has 0 aliphatic heterocycles. The summed E-state index contributed by atoms with van der Waals surface area (Å²) in [4.78, 5) is 3.65. The summed E-state index contributed by atoms with van der Waals surface area (Å²) >= 11 is 3.60. The Labute approximate surface area is 146 Å². The van der Waals surface area contributed by atoms with Crippen molar-refractivity contribution in [3.05, 3.63) is 63.8 Å². The van der Waals surface area contributed by atoms with Gasteiger partial charge in [0.05, 0.1) is 11.6 Å². The van der Waals surface area contributed by atoms with E-state index in [0.717, 1.165) is 23.1 Å². The van der Waals surface area contributed by atoms with E-state index >= 15 is 0 Å². The van der Waals surface area contributed by atoms with Crippen molar-refractivity contribution in [2.24, 2.45) is 0 Å². The molecule has 2 nitrogen and oxygen atoms in total. The third-order valence-electron chi connectivity index (χ3n) is 4.46. The van der Waals surface area contributed by atoms with Crippen molar-refractivity contribution in [1.29, 1.82) is 0 Å². The third kappa shape index (κ3) is 3.02. The maximum atomic E-state index is 5.34. The highest BCUT2D eigenvalue weighted by Gasteiger charge is 2.18. The number of aromatic amines is 1. The molecule has 120 valence electrons. The van der Waals surface area contributed by atoms with Crippen molar-refractivity contribution in [3.8, 4) is 5.75 Å². The first-order valence-corrected chi connectivity index (χ1v) is 8.88. The summed E-state index contributed by atoms with van der Waals surface area (Å²) in [6.45, 7) is 4.50. The molecule has 0 aliphatic carbocycles. The summed E-state index contributed by atoms with van der Waals surface area (Å²) in [5, 5.41) is 1.35. The zero-order valence-corrected chi connectivity index (χ0v) is 15.4. The van der Waals surface area contributed by atoms with Gasteiger partial charge in [-0.2, -0.15) is 0 Å². The van der Waals surface area contributed by atoms with Crippen molar-refractivity contribution < 1.29 is 4.74 Å². The van der Waals surface area contributed by atoms with Crippen LogP contribution in [-0.4, -0.2) is 12.1 Å². The first-order valence-electron chi connectivity index (χ1n) is 8.08. The number of hydrogen-bond donors (Lipinski definition) is 1. The normalized spacial score (nSPS) is 12.5. The summed E-state index contributed by atoms with van der Waals surface area (Å²) < 4.78 is 6.34. The fraction of sp³-hybridized carbons (Fsp3) is 0.300. The van der Waals surface area contributed by atoms with E-state index in [4.69, 9.17) is 4.74 Å². The number of halogens is 1. The molecule has 3 aromatic rings. The number of H-pyrrole nitrogens is 1. The van der Waals surface area contributed by atoms with Crippen LogP contribution >= 0.6 is 15.9 Å². The minimum Gasteiger partial charge on any atom is -0.496 e. The average Bonchev–Trinajstić information content (AvgIpc) is 2.93. The van der Waals surface area contributed by atoms with Crippen LogP contribution in [0.3, 0.4) is 0 Å². The van der Waals surface area contributed by atoms with Crippen molar-refractivity contribution in [2.45, 2.75) is 32.6 Å². The van der Waals surface area contributed by atoms with E-state index in [9.17, 15) is 0 Å². The van der Waals surface area contributed by atoms with Gasteiger partial charge >= 0.3 is 0 Å². The van der Waals surface area contributed by atoms with Gasteiger partial charge in [0.1, 0.15) is 5.75 Å². The first-order chi connectivity index (χ1) is 11.2. The Morgan fingerprint density at radius 1 is 1.17 bits per heavy atom. The van der Waals surface area contributed by atoms with Gasteiger partial charge in [0.2, 0.25) is 0 Å². The fourth-order valence-electron chi connectivity index (χ4n) is 3.23. The standard InChI is InChI=1S/C20H22BrNO/c1-4-7-16-15-8-5-6-9-18(15)22-20(16)13(2)14-10-11-19(23-3)17(21)12-14/h5-6,8-13,22H,4,7H2,1-3H3. The lowest BCUT2D eigenvalue weighted by molar-refractivity contribution is 0.412. The lowest BCUT2D eigenvalue weighted by Crippen LogP contribution is -2.01. The fourth-order valence-corrected chi connectivity index (χ4v) is 3.79. The van der Waals surface area contributed by atoms with Gasteiger partial charge in [0.15, 0.2) is 0 Å². The van der Waals surface area contributed by atoms with Gasteiger partial charge in [-0.1, -0.05) is 44.5 Å². The molecular formula is C20H22BrNO. The predicted octanol–water partition coefficient (Wildman–Crippen LogP) is 6.04. The molecule has 1 aromatic heterocycles. The number of ether oxygens (including phenoxy) is 1. The number of aromatic nitrogens is 1. The van der Waals surface area contributed by atoms with E-state index in [-0.39, 0.29) is 0 Å². The highest BCUT2D eigenvalue weighted by atomic mass is 79.9. The second-order valence-corrected chi connectivity index (χ2v) is 6.78. The summed E-state index contributed by atoms with van der Waals surface area (Å²) in [7, 11) is 1.69. The van der Waals surface area contributed by atoms with E-state index in [1.54, 1.807) is 7.11 Å². The summed E-state index contributed by atoms with van der Waals surface area (Å²) in [5.41, 5.74) is 5.28. The second kappa shape index (κ2) is 6.79. The largest absolute Gasteiger partial charge is 0.496 e. The molecule has 3 rings (SSSR count). The van der Waals surface area contributed by atoms with E-state index in [1.807, 2.05) is 6.07 Å². The van der Waals surface area contributed by atoms with Crippen LogP contribution in [0.4, 0.5) is 0 Å². The Hall–Kier alpha value is -1.74. The molecule has 0 saturated heterocycles. The van der Waals surface area contributed by atoms with E-state index in [1.165, 1.54) is 27.7 Å². The third-order valence-corrected chi connectivity index (χ3v) is 5.08. The molecule has 0 radical (unpaired) electrons. The molecule has 3 heteroatoms. The molecule has 1 unspecified atom stereocenters. The van der Waals surface area contributed by atoms with Gasteiger partial charge in [0.25, 0.3) is 0 Å². The van der Waals surface area contributed by atoms with Crippen LogP contribution in [0, 0.1) is 0 Å². The minimum absolute atomic E-state index is 0.311. The predicted molar refractivity (Wildman–Crippen MR) is 101 cm³/mol. The molecule has 0 aliphatic rings. The molecule has 1 heterocycles. The molecule has 2 aromatic carbocycles. The number of rotatable bonds is 5. The molecular weight excluding hydrogens is 350 g/mol. The number of para-hydroxylation sites is 1. The molecule has 0 saturated carbocycles. The molecule has 1 atom stereocenters. The number of hydrogen-bond acceptors (Lipinski definition) is 1. The van der Waals surface area contributed by atoms with Crippen LogP contribution in [0.15, 0.2) is 46.9 Å². The van der Waals surface area contributed by atoms with Gasteiger partial charge in [0, 0.05) is 22.5 Å². The minimum atomic E-state index is 0.311. The number of benzene rings is 2. The highest BCUT2D eigenvalue weighted by Crippen LogP contribution is 2.35. The summed E-state index contributed by atoms with van der Waals surface area (Å²) in [6, 6.07) is 14.9. The van der Waals surface area contributed by atoms with Crippen LogP contribution in [0.25, 0.3) is 10.9 Å². The van der Waals surface area contributed by atoms with Crippen molar-refractivity contribution in [2.75, 3.05) is 7.11 Å². The zero-order valence-electron chi connectivity index (χ0n) is 13.8. The number of aryl methyl sites for hydroxylation is 1. The van der Waals surface area contributed by atoms with Crippen molar-refractivity contribution in [1.82, 2.24) is 4.98 Å². The number of methoxy groups -OCH3 is 1. The van der Waals surface area contributed by atoms with Gasteiger partial charge in [-0.3, -0.25) is 0 Å². The van der Waals surface area contributed by atoms with Gasteiger partial charge in [-0.25, -0.2) is 0 Å². The van der Waals surface area contributed by atoms with Gasteiger partial charge in [-0.05, 0) is 51.7 Å². The molecule has 0 bridgehead atoms. The maximum absolute atomic E-state index is 5.34. The molecule has 1 N–H and O–H groups in total. The van der Waals surface area contributed by atoms with E-state index in [0.29, 0.717) is 5.92 Å². The lowest BCUT2D eigenvalue weighted by atomic mass is 9.93. The zero-order chi connectivity index (χ0) is 16.4. The topological polar surface area (TPSA) is 25.0 Å².